The number of aromatic nitrogens is 2. The van der Waals surface area contributed by atoms with Gasteiger partial charge in [-0.1, -0.05) is 23.7 Å². The maximum absolute atomic E-state index is 12.9. The van der Waals surface area contributed by atoms with Gasteiger partial charge in [0.05, 0.1) is 23.1 Å². The molecule has 0 amide bonds. The summed E-state index contributed by atoms with van der Waals surface area (Å²) in [6.45, 7) is 0.493. The van der Waals surface area contributed by atoms with Gasteiger partial charge >= 0.3 is 6.18 Å². The molecule has 1 aromatic heterocycles. The molecule has 3 rings (SSSR count). The Morgan fingerprint density at radius 1 is 1.08 bits per heavy atom. The van der Waals surface area contributed by atoms with E-state index in [1.807, 2.05) is 30.8 Å². The molecule has 0 aliphatic carbocycles. The molecule has 24 heavy (non-hydrogen) atoms. The van der Waals surface area contributed by atoms with Crippen LogP contribution < -0.4 is 4.90 Å². The average molecular weight is 354 g/mol. The van der Waals surface area contributed by atoms with Crippen molar-refractivity contribution in [1.82, 2.24) is 9.55 Å². The number of halogens is 4. The lowest BCUT2D eigenvalue weighted by Crippen LogP contribution is -2.16. The minimum Gasteiger partial charge on any atom is -0.348 e. The molecule has 0 fully saturated rings. The van der Waals surface area contributed by atoms with Gasteiger partial charge in [-0.2, -0.15) is 13.2 Å². The Balaban J connectivity index is 2.10. The van der Waals surface area contributed by atoms with E-state index in [2.05, 4.69) is 4.98 Å². The highest BCUT2D eigenvalue weighted by Crippen LogP contribution is 2.32. The molecule has 7 heteroatoms. The normalized spacial score (nSPS) is 11.9. The zero-order valence-corrected chi connectivity index (χ0v) is 13.9. The largest absolute Gasteiger partial charge is 0.416 e. The Hall–Kier alpha value is -2.21. The van der Waals surface area contributed by atoms with Gasteiger partial charge in [-0.3, -0.25) is 0 Å². The highest BCUT2D eigenvalue weighted by Gasteiger charge is 2.31. The van der Waals surface area contributed by atoms with Crippen molar-refractivity contribution >= 4 is 28.6 Å². The topological polar surface area (TPSA) is 21.1 Å². The Bertz CT molecular complexity index is 867. The molecule has 0 saturated carbocycles. The van der Waals surface area contributed by atoms with Gasteiger partial charge in [0.1, 0.15) is 0 Å². The van der Waals surface area contributed by atoms with Crippen LogP contribution in [0, 0.1) is 0 Å². The minimum absolute atomic E-state index is 0.322. The molecule has 0 unspecified atom stereocenters. The van der Waals surface area contributed by atoms with Crippen molar-refractivity contribution in [2.75, 3.05) is 19.0 Å². The minimum atomic E-state index is -4.38. The lowest BCUT2D eigenvalue weighted by atomic mass is 10.2. The van der Waals surface area contributed by atoms with E-state index < -0.39 is 11.7 Å². The first-order valence-corrected chi connectivity index (χ1v) is 7.63. The lowest BCUT2D eigenvalue weighted by molar-refractivity contribution is -0.137. The second kappa shape index (κ2) is 6.02. The number of nitrogens with zero attached hydrogens (tertiary/aromatic N) is 3. The van der Waals surface area contributed by atoms with Gasteiger partial charge in [-0.05, 0) is 35.9 Å². The highest BCUT2D eigenvalue weighted by molar-refractivity contribution is 6.30. The predicted molar refractivity (Wildman–Crippen MR) is 89.6 cm³/mol. The number of anilines is 1. The lowest BCUT2D eigenvalue weighted by Gasteiger charge is -2.15. The number of alkyl halides is 3. The molecule has 0 aliphatic heterocycles. The summed E-state index contributed by atoms with van der Waals surface area (Å²) in [5, 5.41) is 0.636. The van der Waals surface area contributed by atoms with Crippen LogP contribution in [-0.2, 0) is 12.7 Å². The third-order valence-electron chi connectivity index (χ3n) is 3.71. The second-order valence-electron chi connectivity index (χ2n) is 5.72. The summed E-state index contributed by atoms with van der Waals surface area (Å²) in [7, 11) is 3.62. The average Bonchev–Trinajstić information content (AvgIpc) is 2.87. The predicted octanol–water partition coefficient (Wildman–Crippen LogP) is 4.82. The van der Waals surface area contributed by atoms with Crippen LogP contribution >= 0.6 is 11.6 Å². The Labute approximate surface area is 142 Å². The fraction of sp³-hybridized carbons (Fsp3) is 0.235. The summed E-state index contributed by atoms with van der Waals surface area (Å²) in [6.07, 6.45) is -4.38. The summed E-state index contributed by atoms with van der Waals surface area (Å²) in [5.74, 6) is 0.597. The van der Waals surface area contributed by atoms with Crippen molar-refractivity contribution in [3.63, 3.8) is 0 Å². The van der Waals surface area contributed by atoms with E-state index in [9.17, 15) is 13.2 Å². The zero-order chi connectivity index (χ0) is 17.5. The molecular formula is C17H15ClF3N3. The van der Waals surface area contributed by atoms with Gasteiger partial charge in [-0.25, -0.2) is 4.98 Å². The van der Waals surface area contributed by atoms with E-state index in [-0.39, 0.29) is 0 Å². The van der Waals surface area contributed by atoms with Crippen LogP contribution in [0.25, 0.3) is 11.0 Å². The van der Waals surface area contributed by atoms with Crippen LogP contribution in [0.1, 0.15) is 11.1 Å². The molecule has 2 aromatic carbocycles. The van der Waals surface area contributed by atoms with Crippen molar-refractivity contribution in [1.29, 1.82) is 0 Å². The monoisotopic (exact) mass is 353 g/mol. The number of benzene rings is 2. The Morgan fingerprint density at radius 3 is 2.33 bits per heavy atom. The van der Waals surface area contributed by atoms with Crippen LogP contribution in [0.5, 0.6) is 0 Å². The molecule has 3 aromatic rings. The molecule has 126 valence electrons. The van der Waals surface area contributed by atoms with E-state index in [4.69, 9.17) is 11.6 Å². The Kier molecular flexibility index (Phi) is 4.17. The van der Waals surface area contributed by atoms with Gasteiger partial charge in [0.2, 0.25) is 5.95 Å². The standard InChI is InChI=1S/C17H15ClF3N3/c1-23(2)16-22-14-9-12(17(19,20)21)5-8-15(14)24(16)10-11-3-6-13(18)7-4-11/h3-9H,10H2,1-2H3. The molecule has 1 heterocycles. The first-order valence-electron chi connectivity index (χ1n) is 7.25. The van der Waals surface area contributed by atoms with Crippen molar-refractivity contribution < 1.29 is 13.2 Å². The van der Waals surface area contributed by atoms with Gasteiger partial charge < -0.3 is 9.47 Å². The highest BCUT2D eigenvalue weighted by atomic mass is 35.5. The number of imidazole rings is 1. The molecule has 0 radical (unpaired) electrons. The van der Waals surface area contributed by atoms with Gasteiger partial charge in [-0.15, -0.1) is 0 Å². The van der Waals surface area contributed by atoms with Crippen molar-refractivity contribution in [2.24, 2.45) is 0 Å². The summed E-state index contributed by atoms with van der Waals surface area (Å²) >= 11 is 5.90. The first-order chi connectivity index (χ1) is 11.3. The molecule has 0 bridgehead atoms. The van der Waals surface area contributed by atoms with Crippen LogP contribution in [0.2, 0.25) is 5.02 Å². The molecular weight excluding hydrogens is 339 g/mol. The van der Waals surface area contributed by atoms with Crippen LogP contribution in [-0.4, -0.2) is 23.6 Å². The second-order valence-corrected chi connectivity index (χ2v) is 6.16. The summed E-state index contributed by atoms with van der Waals surface area (Å²) in [5.41, 5.74) is 1.27. The first kappa shape index (κ1) is 16.6. The van der Waals surface area contributed by atoms with Crippen molar-refractivity contribution in [2.45, 2.75) is 12.7 Å². The summed E-state index contributed by atoms with van der Waals surface area (Å²) in [4.78, 5) is 6.14. The van der Waals surface area contributed by atoms with Crippen molar-refractivity contribution in [3.8, 4) is 0 Å². The zero-order valence-electron chi connectivity index (χ0n) is 13.1. The molecule has 0 aliphatic rings. The molecule has 0 saturated heterocycles. The molecule has 0 atom stereocenters. The fourth-order valence-corrected chi connectivity index (χ4v) is 2.69. The quantitative estimate of drug-likeness (QED) is 0.673. The molecule has 0 N–H and O–H groups in total. The van der Waals surface area contributed by atoms with Gasteiger partial charge in [0, 0.05) is 19.1 Å². The third kappa shape index (κ3) is 3.19. The fourth-order valence-electron chi connectivity index (χ4n) is 2.56. The van der Waals surface area contributed by atoms with Gasteiger partial charge in [0.15, 0.2) is 0 Å². The maximum atomic E-state index is 12.9. The molecule has 0 spiro atoms. The number of hydrogen-bond acceptors (Lipinski definition) is 2. The number of rotatable bonds is 3. The van der Waals surface area contributed by atoms with E-state index in [1.54, 1.807) is 17.0 Å². The van der Waals surface area contributed by atoms with Crippen LogP contribution in [0.15, 0.2) is 42.5 Å². The number of fused-ring (bicyclic) bond motifs is 1. The van der Waals surface area contributed by atoms with E-state index >= 15 is 0 Å². The van der Waals surface area contributed by atoms with Crippen LogP contribution in [0.3, 0.4) is 0 Å². The molecule has 3 nitrogen and oxygen atoms in total. The SMILES string of the molecule is CN(C)c1nc2cc(C(F)(F)F)ccc2n1Cc1ccc(Cl)cc1. The third-order valence-corrected chi connectivity index (χ3v) is 3.96. The maximum Gasteiger partial charge on any atom is 0.416 e. The van der Waals surface area contributed by atoms with Crippen molar-refractivity contribution in [3.05, 3.63) is 58.6 Å². The summed E-state index contributed by atoms with van der Waals surface area (Å²) in [6, 6.07) is 11.0. The number of hydrogen-bond donors (Lipinski definition) is 0. The van der Waals surface area contributed by atoms with E-state index in [1.165, 1.54) is 6.07 Å². The van der Waals surface area contributed by atoms with E-state index in [0.717, 1.165) is 17.7 Å². The van der Waals surface area contributed by atoms with Gasteiger partial charge in [0.25, 0.3) is 0 Å². The smallest absolute Gasteiger partial charge is 0.348 e. The van der Waals surface area contributed by atoms with E-state index in [0.29, 0.717) is 28.5 Å². The Morgan fingerprint density at radius 2 is 1.75 bits per heavy atom. The van der Waals surface area contributed by atoms with Crippen LogP contribution in [0.4, 0.5) is 19.1 Å². The summed E-state index contributed by atoms with van der Waals surface area (Å²) < 4.78 is 40.6.